The van der Waals surface area contributed by atoms with Gasteiger partial charge in [0.2, 0.25) is 11.5 Å². The third-order valence-corrected chi connectivity index (χ3v) is 9.79. The second kappa shape index (κ2) is 31.8. The van der Waals surface area contributed by atoms with E-state index in [1.165, 1.54) is 128 Å². The van der Waals surface area contributed by atoms with Crippen molar-refractivity contribution in [3.8, 4) is 23.0 Å². The lowest BCUT2D eigenvalue weighted by Gasteiger charge is -2.23. The standard InChI is InChI=1S/C43H78O6/c1-5-9-13-17-21-23-27-31-35-47-40-38(34-30-26-20-16-12-8-4)37(33-29-25-19-15-11-7-3)39(44)41(49-43(45)46)42(40)48-36-32-28-24-22-18-14-10-6-2/h44H,5-36H2,1-4H3,(H,45,46). The minimum atomic E-state index is -1.45. The van der Waals surface area contributed by atoms with Crippen molar-refractivity contribution in [3.63, 3.8) is 0 Å². The highest BCUT2D eigenvalue weighted by Gasteiger charge is 2.29. The molecule has 0 saturated carbocycles. The molecule has 0 bridgehead atoms. The molecule has 6 heteroatoms. The SMILES string of the molecule is CCCCCCCCCCOc1c(CCCCCCCC)c(CCCCCCCC)c(O)c(OC(=O)O)c1OCCCCCCCCCC. The van der Waals surface area contributed by atoms with Crippen molar-refractivity contribution in [1.29, 1.82) is 0 Å². The van der Waals surface area contributed by atoms with Gasteiger partial charge in [0.15, 0.2) is 11.5 Å². The maximum Gasteiger partial charge on any atom is 0.511 e. The van der Waals surface area contributed by atoms with Crippen LogP contribution in [0.5, 0.6) is 23.0 Å². The van der Waals surface area contributed by atoms with Crippen LogP contribution in [-0.2, 0) is 12.8 Å². The molecule has 0 aromatic heterocycles. The number of carboxylic acid groups (broad SMARTS) is 1. The summed E-state index contributed by atoms with van der Waals surface area (Å²) in [6.07, 6.45) is 33.0. The third kappa shape index (κ3) is 21.7. The normalized spacial score (nSPS) is 11.3. The van der Waals surface area contributed by atoms with Crippen LogP contribution in [0.1, 0.15) is 219 Å². The Bertz CT molecular complexity index is 930. The summed E-state index contributed by atoms with van der Waals surface area (Å²) in [7, 11) is 0. The number of rotatable bonds is 35. The van der Waals surface area contributed by atoms with E-state index in [4.69, 9.17) is 14.2 Å². The van der Waals surface area contributed by atoms with Crippen molar-refractivity contribution >= 4 is 6.16 Å². The Hall–Kier alpha value is -2.11. The maximum absolute atomic E-state index is 12.0. The van der Waals surface area contributed by atoms with Gasteiger partial charge in [0.05, 0.1) is 13.2 Å². The van der Waals surface area contributed by atoms with E-state index in [2.05, 4.69) is 27.7 Å². The van der Waals surface area contributed by atoms with Gasteiger partial charge in [0.1, 0.15) is 0 Å². The zero-order valence-electron chi connectivity index (χ0n) is 32.7. The lowest BCUT2D eigenvalue weighted by atomic mass is 9.93. The third-order valence-electron chi connectivity index (χ3n) is 9.79. The van der Waals surface area contributed by atoms with Crippen LogP contribution < -0.4 is 14.2 Å². The molecule has 0 aliphatic carbocycles. The number of hydrogen-bond acceptors (Lipinski definition) is 5. The fourth-order valence-electron chi connectivity index (χ4n) is 6.75. The van der Waals surface area contributed by atoms with Gasteiger partial charge >= 0.3 is 6.16 Å². The second-order valence-corrected chi connectivity index (χ2v) is 14.3. The summed E-state index contributed by atoms with van der Waals surface area (Å²) >= 11 is 0. The molecule has 0 unspecified atom stereocenters. The van der Waals surface area contributed by atoms with Crippen molar-refractivity contribution in [2.45, 2.75) is 220 Å². The van der Waals surface area contributed by atoms with Crippen LogP contribution in [0.3, 0.4) is 0 Å². The van der Waals surface area contributed by atoms with Gasteiger partial charge in [-0.05, 0) is 38.5 Å². The highest BCUT2D eigenvalue weighted by molar-refractivity contribution is 5.72. The fourth-order valence-corrected chi connectivity index (χ4v) is 6.75. The van der Waals surface area contributed by atoms with Crippen molar-refractivity contribution < 1.29 is 29.2 Å². The molecule has 2 N–H and O–H groups in total. The summed E-state index contributed by atoms with van der Waals surface area (Å²) in [5, 5.41) is 21.4. The number of hydrogen-bond donors (Lipinski definition) is 2. The van der Waals surface area contributed by atoms with E-state index >= 15 is 0 Å². The van der Waals surface area contributed by atoms with Crippen LogP contribution in [-0.4, -0.2) is 29.6 Å². The lowest BCUT2D eigenvalue weighted by Crippen LogP contribution is -2.12. The molecule has 0 spiro atoms. The Labute approximate surface area is 302 Å². The number of aromatic hydroxyl groups is 1. The number of unbranched alkanes of at least 4 members (excludes halogenated alkanes) is 24. The molecule has 286 valence electrons. The first-order chi connectivity index (χ1) is 24.0. The maximum atomic E-state index is 12.0. The number of ether oxygens (including phenoxy) is 3. The van der Waals surface area contributed by atoms with E-state index in [0.717, 1.165) is 68.9 Å². The summed E-state index contributed by atoms with van der Waals surface area (Å²) < 4.78 is 18.3. The molecule has 1 aromatic rings. The molecule has 6 nitrogen and oxygen atoms in total. The zero-order valence-corrected chi connectivity index (χ0v) is 32.7. The Balaban J connectivity index is 3.27. The molecule has 0 amide bonds. The van der Waals surface area contributed by atoms with Crippen molar-refractivity contribution in [3.05, 3.63) is 11.1 Å². The first-order valence-corrected chi connectivity index (χ1v) is 21.1. The molecule has 0 aliphatic heterocycles. The first-order valence-electron chi connectivity index (χ1n) is 21.1. The van der Waals surface area contributed by atoms with Crippen molar-refractivity contribution in [2.75, 3.05) is 13.2 Å². The van der Waals surface area contributed by atoms with Gasteiger partial charge in [0.25, 0.3) is 0 Å². The van der Waals surface area contributed by atoms with Gasteiger partial charge in [-0.2, -0.15) is 0 Å². The van der Waals surface area contributed by atoms with Crippen LogP contribution in [0.25, 0.3) is 0 Å². The minimum absolute atomic E-state index is 0.0812. The molecule has 49 heavy (non-hydrogen) atoms. The predicted molar refractivity (Wildman–Crippen MR) is 207 cm³/mol. The van der Waals surface area contributed by atoms with Gasteiger partial charge in [-0.1, -0.05) is 182 Å². The van der Waals surface area contributed by atoms with Gasteiger partial charge in [-0.3, -0.25) is 0 Å². The number of benzene rings is 1. The van der Waals surface area contributed by atoms with E-state index in [1.54, 1.807) is 0 Å². The summed E-state index contributed by atoms with van der Waals surface area (Å²) in [5.74, 6) is 0.703. The van der Waals surface area contributed by atoms with Gasteiger partial charge in [-0.15, -0.1) is 0 Å². The average Bonchev–Trinajstić information content (AvgIpc) is 3.09. The van der Waals surface area contributed by atoms with E-state index in [9.17, 15) is 15.0 Å². The molecule has 0 saturated heterocycles. The second-order valence-electron chi connectivity index (χ2n) is 14.3. The quantitative estimate of drug-likeness (QED) is 0.0419. The summed E-state index contributed by atoms with van der Waals surface area (Å²) in [5.41, 5.74) is 1.77. The van der Waals surface area contributed by atoms with Crippen LogP contribution in [0.15, 0.2) is 0 Å². The molecule has 0 radical (unpaired) electrons. The molecule has 0 heterocycles. The molecule has 0 atom stereocenters. The lowest BCUT2D eigenvalue weighted by molar-refractivity contribution is 0.139. The minimum Gasteiger partial charge on any atom is -0.504 e. The van der Waals surface area contributed by atoms with Crippen molar-refractivity contribution in [1.82, 2.24) is 0 Å². The van der Waals surface area contributed by atoms with Crippen molar-refractivity contribution in [2.24, 2.45) is 0 Å². The van der Waals surface area contributed by atoms with Crippen LogP contribution >= 0.6 is 0 Å². The molecular weight excluding hydrogens is 612 g/mol. The fraction of sp³-hybridized carbons (Fsp3) is 0.837. The number of phenols is 1. The van der Waals surface area contributed by atoms with E-state index < -0.39 is 6.16 Å². The van der Waals surface area contributed by atoms with Gasteiger partial charge < -0.3 is 24.4 Å². The highest BCUT2D eigenvalue weighted by Crippen LogP contribution is 2.51. The average molecular weight is 691 g/mol. The topological polar surface area (TPSA) is 85.2 Å². The largest absolute Gasteiger partial charge is 0.511 e. The number of carbonyl (C=O) groups is 1. The summed E-state index contributed by atoms with van der Waals surface area (Å²) in [6, 6.07) is 0. The summed E-state index contributed by atoms with van der Waals surface area (Å²) in [6.45, 7) is 9.94. The highest BCUT2D eigenvalue weighted by atomic mass is 16.7. The molecule has 0 fully saturated rings. The Morgan fingerprint density at radius 1 is 0.429 bits per heavy atom. The smallest absolute Gasteiger partial charge is 0.504 e. The zero-order chi connectivity index (χ0) is 35.8. The van der Waals surface area contributed by atoms with Crippen LogP contribution in [0.2, 0.25) is 0 Å². The monoisotopic (exact) mass is 691 g/mol. The summed E-state index contributed by atoms with van der Waals surface area (Å²) in [4.78, 5) is 12.0. The molecule has 1 aromatic carbocycles. The van der Waals surface area contributed by atoms with Crippen LogP contribution in [0, 0.1) is 0 Å². The van der Waals surface area contributed by atoms with E-state index in [0.29, 0.717) is 25.4 Å². The molecular formula is C43H78O6. The van der Waals surface area contributed by atoms with Crippen LogP contribution in [0.4, 0.5) is 4.79 Å². The van der Waals surface area contributed by atoms with Gasteiger partial charge in [0, 0.05) is 11.1 Å². The Kier molecular flexibility index (Phi) is 29.2. The van der Waals surface area contributed by atoms with Gasteiger partial charge in [-0.25, -0.2) is 4.79 Å². The Morgan fingerprint density at radius 3 is 1.14 bits per heavy atom. The predicted octanol–water partition coefficient (Wildman–Crippen LogP) is 14.3. The first kappa shape index (κ1) is 44.9. The number of phenolic OH excluding ortho intramolecular Hbond substituents is 1. The molecule has 0 aliphatic rings. The molecule has 1 rings (SSSR count). The van der Waals surface area contributed by atoms with E-state index in [-0.39, 0.29) is 17.2 Å². The van der Waals surface area contributed by atoms with E-state index in [1.807, 2.05) is 0 Å². The Morgan fingerprint density at radius 2 is 0.755 bits per heavy atom.